The number of halogens is 1. The van der Waals surface area contributed by atoms with Crippen LogP contribution in [0.3, 0.4) is 0 Å². The molecule has 0 atom stereocenters. The fourth-order valence-corrected chi connectivity index (χ4v) is 3.79. The number of nitrogens with zero attached hydrogens (tertiary/aromatic N) is 3. The number of phenolic OH excluding ortho intramolecular Hbond substituents is 1. The van der Waals surface area contributed by atoms with E-state index in [-0.39, 0.29) is 17.8 Å². The van der Waals surface area contributed by atoms with E-state index in [4.69, 9.17) is 9.47 Å². The molecule has 0 spiro atoms. The molecule has 0 saturated carbocycles. The Hall–Kier alpha value is -3.29. The number of phenols is 1. The van der Waals surface area contributed by atoms with Crippen molar-refractivity contribution >= 4 is 11.6 Å². The fourth-order valence-electron chi connectivity index (χ4n) is 3.79. The third kappa shape index (κ3) is 4.49. The smallest absolute Gasteiger partial charge is 0.410 e. The molecule has 1 aromatic carbocycles. The number of carbonyl (C=O) groups excluding carboxylic acids is 1. The zero-order valence-electron chi connectivity index (χ0n) is 18.8. The van der Waals surface area contributed by atoms with Crippen LogP contribution in [0.5, 0.6) is 11.5 Å². The maximum Gasteiger partial charge on any atom is 0.410 e. The zero-order valence-corrected chi connectivity index (χ0v) is 18.8. The Morgan fingerprint density at radius 2 is 2.03 bits per heavy atom. The quantitative estimate of drug-likeness (QED) is 0.624. The number of amides is 1. The lowest BCUT2D eigenvalue weighted by atomic mass is 9.98. The van der Waals surface area contributed by atoms with Gasteiger partial charge in [-0.3, -0.25) is 0 Å². The van der Waals surface area contributed by atoms with E-state index in [1.165, 1.54) is 12.1 Å². The number of imidazole rings is 1. The number of pyridine rings is 1. The summed E-state index contributed by atoms with van der Waals surface area (Å²) in [5.41, 5.74) is 2.58. The molecule has 3 heterocycles. The summed E-state index contributed by atoms with van der Waals surface area (Å²) in [6.45, 7) is 9.09. The van der Waals surface area contributed by atoms with E-state index in [1.54, 1.807) is 17.4 Å². The van der Waals surface area contributed by atoms with Gasteiger partial charge in [0.25, 0.3) is 0 Å². The summed E-state index contributed by atoms with van der Waals surface area (Å²) < 4.78 is 27.4. The van der Waals surface area contributed by atoms with Crippen molar-refractivity contribution in [2.24, 2.45) is 5.92 Å². The van der Waals surface area contributed by atoms with Crippen molar-refractivity contribution in [3.05, 3.63) is 48.3 Å². The number of rotatable bonds is 5. The molecule has 1 fully saturated rings. The normalized spacial score (nSPS) is 14.5. The molecule has 0 radical (unpaired) electrons. The van der Waals surface area contributed by atoms with Crippen molar-refractivity contribution < 1.29 is 23.8 Å². The van der Waals surface area contributed by atoms with E-state index in [1.807, 2.05) is 44.4 Å². The molecular weight excluding hydrogens is 413 g/mol. The molecule has 7 nitrogen and oxygen atoms in total. The molecule has 0 bridgehead atoms. The lowest BCUT2D eigenvalue weighted by Gasteiger charge is -2.39. The third-order valence-corrected chi connectivity index (χ3v) is 5.43. The minimum atomic E-state index is -0.665. The highest BCUT2D eigenvalue weighted by atomic mass is 19.1. The first kappa shape index (κ1) is 21.9. The van der Waals surface area contributed by atoms with Crippen molar-refractivity contribution in [1.29, 1.82) is 0 Å². The fraction of sp³-hybridized carbons (Fsp3) is 0.417. The number of aryl methyl sites for hydroxylation is 1. The van der Waals surface area contributed by atoms with Crippen LogP contribution in [0.1, 0.15) is 33.3 Å². The van der Waals surface area contributed by atoms with Gasteiger partial charge in [-0.2, -0.15) is 0 Å². The van der Waals surface area contributed by atoms with Crippen LogP contribution >= 0.6 is 0 Å². The Morgan fingerprint density at radius 1 is 1.28 bits per heavy atom. The molecule has 32 heavy (non-hydrogen) atoms. The van der Waals surface area contributed by atoms with Gasteiger partial charge >= 0.3 is 6.09 Å². The van der Waals surface area contributed by atoms with E-state index >= 15 is 0 Å². The molecule has 3 aromatic rings. The Bertz CT molecular complexity index is 1150. The summed E-state index contributed by atoms with van der Waals surface area (Å²) in [7, 11) is 0. The standard InChI is InChI=1S/C24H28FN3O4/c1-5-16-6-21(29)19(25)8-18(16)17-7-22(20-9-26-14-28(20)12-17)31-13-15-10-27(11-15)23(30)32-24(2,3)4/h6-9,12,14-15,29H,5,10-11,13H2,1-4H3. The Balaban J connectivity index is 1.51. The second-order valence-electron chi connectivity index (χ2n) is 9.16. The molecule has 1 aliphatic rings. The van der Waals surface area contributed by atoms with Gasteiger partial charge in [0.1, 0.15) is 16.9 Å². The summed E-state index contributed by atoms with van der Waals surface area (Å²) in [4.78, 5) is 18.0. The van der Waals surface area contributed by atoms with Crippen LogP contribution in [0, 0.1) is 11.7 Å². The van der Waals surface area contributed by atoms with Crippen LogP contribution < -0.4 is 4.74 Å². The second-order valence-corrected chi connectivity index (χ2v) is 9.16. The first-order valence-corrected chi connectivity index (χ1v) is 10.7. The lowest BCUT2D eigenvalue weighted by molar-refractivity contribution is -0.00774. The molecule has 1 amide bonds. The monoisotopic (exact) mass is 441 g/mol. The van der Waals surface area contributed by atoms with Crippen LogP contribution in [0.25, 0.3) is 16.6 Å². The van der Waals surface area contributed by atoms with Gasteiger partial charge < -0.3 is 23.9 Å². The summed E-state index contributed by atoms with van der Waals surface area (Å²) >= 11 is 0. The van der Waals surface area contributed by atoms with Gasteiger partial charge in [-0.05, 0) is 56.5 Å². The number of ether oxygens (including phenoxy) is 2. The van der Waals surface area contributed by atoms with E-state index in [0.717, 1.165) is 16.6 Å². The summed E-state index contributed by atoms with van der Waals surface area (Å²) in [6.07, 6.45) is 5.58. The maximum atomic E-state index is 14.1. The third-order valence-electron chi connectivity index (χ3n) is 5.43. The number of benzene rings is 1. The van der Waals surface area contributed by atoms with Crippen molar-refractivity contribution in [3.8, 4) is 22.6 Å². The number of aromatic hydroxyl groups is 1. The number of hydrogen-bond acceptors (Lipinski definition) is 5. The van der Waals surface area contributed by atoms with Gasteiger partial charge in [0.05, 0.1) is 19.1 Å². The average Bonchev–Trinajstić information content (AvgIpc) is 3.15. The predicted octanol–water partition coefficient (Wildman–Crippen LogP) is 4.65. The van der Waals surface area contributed by atoms with Crippen molar-refractivity contribution in [1.82, 2.24) is 14.3 Å². The van der Waals surface area contributed by atoms with E-state index < -0.39 is 11.4 Å². The van der Waals surface area contributed by atoms with Crippen LogP contribution in [0.4, 0.5) is 9.18 Å². The van der Waals surface area contributed by atoms with E-state index in [0.29, 0.717) is 37.4 Å². The molecular formula is C24H28FN3O4. The molecule has 8 heteroatoms. The number of likely N-dealkylation sites (tertiary alicyclic amines) is 1. The van der Waals surface area contributed by atoms with Crippen LogP contribution in [0.2, 0.25) is 0 Å². The van der Waals surface area contributed by atoms with Gasteiger partial charge in [-0.1, -0.05) is 6.92 Å². The summed E-state index contributed by atoms with van der Waals surface area (Å²) in [6, 6.07) is 4.68. The highest BCUT2D eigenvalue weighted by molar-refractivity contribution is 5.74. The van der Waals surface area contributed by atoms with Gasteiger partial charge in [0, 0.05) is 30.8 Å². The molecule has 0 aliphatic carbocycles. The van der Waals surface area contributed by atoms with Crippen LogP contribution in [0.15, 0.2) is 36.9 Å². The molecule has 170 valence electrons. The number of fused-ring (bicyclic) bond motifs is 1. The Morgan fingerprint density at radius 3 is 2.72 bits per heavy atom. The summed E-state index contributed by atoms with van der Waals surface area (Å²) in [5.74, 6) is -0.190. The minimum absolute atomic E-state index is 0.200. The lowest BCUT2D eigenvalue weighted by Crippen LogP contribution is -2.53. The SMILES string of the molecule is CCc1cc(O)c(F)cc1-c1cc(OCC2CN(C(=O)OC(C)(C)C)C2)c2cncn2c1. The average molecular weight is 442 g/mol. The van der Waals surface area contributed by atoms with Gasteiger partial charge in [0.2, 0.25) is 0 Å². The first-order valence-electron chi connectivity index (χ1n) is 10.7. The van der Waals surface area contributed by atoms with Gasteiger partial charge in [-0.15, -0.1) is 0 Å². The van der Waals surface area contributed by atoms with Crippen LogP contribution in [-0.2, 0) is 11.2 Å². The van der Waals surface area contributed by atoms with Crippen molar-refractivity contribution in [2.75, 3.05) is 19.7 Å². The topological polar surface area (TPSA) is 76.3 Å². The number of hydrogen-bond donors (Lipinski definition) is 1. The second kappa shape index (κ2) is 8.33. The Kier molecular flexibility index (Phi) is 5.71. The molecule has 4 rings (SSSR count). The number of carbonyl (C=O) groups is 1. The largest absolute Gasteiger partial charge is 0.505 e. The molecule has 0 unspecified atom stereocenters. The highest BCUT2D eigenvalue weighted by Crippen LogP contribution is 2.34. The number of aromatic nitrogens is 2. The van der Waals surface area contributed by atoms with Gasteiger partial charge in [0.15, 0.2) is 11.6 Å². The maximum absolute atomic E-state index is 14.1. The van der Waals surface area contributed by atoms with E-state index in [2.05, 4.69) is 4.98 Å². The molecule has 1 aliphatic heterocycles. The van der Waals surface area contributed by atoms with Gasteiger partial charge in [-0.25, -0.2) is 14.2 Å². The summed E-state index contributed by atoms with van der Waals surface area (Å²) in [5, 5.41) is 9.75. The van der Waals surface area contributed by atoms with Crippen molar-refractivity contribution in [2.45, 2.75) is 39.7 Å². The minimum Gasteiger partial charge on any atom is -0.505 e. The van der Waals surface area contributed by atoms with Crippen molar-refractivity contribution in [3.63, 3.8) is 0 Å². The predicted molar refractivity (Wildman–Crippen MR) is 118 cm³/mol. The molecule has 1 N–H and O–H groups in total. The van der Waals surface area contributed by atoms with E-state index in [9.17, 15) is 14.3 Å². The highest BCUT2D eigenvalue weighted by Gasteiger charge is 2.34. The molecule has 2 aromatic heterocycles. The molecule has 1 saturated heterocycles. The van der Waals surface area contributed by atoms with Crippen LogP contribution in [-0.4, -0.2) is 50.8 Å². The Labute approximate surface area is 186 Å². The first-order chi connectivity index (χ1) is 15.1. The zero-order chi connectivity index (χ0) is 23.0.